The predicted molar refractivity (Wildman–Crippen MR) is 127 cm³/mol. The second-order valence-electron chi connectivity index (χ2n) is 8.08. The van der Waals surface area contributed by atoms with Gasteiger partial charge in [-0.3, -0.25) is 4.79 Å². The van der Waals surface area contributed by atoms with E-state index in [9.17, 15) is 4.79 Å². The first kappa shape index (κ1) is 21.8. The lowest BCUT2D eigenvalue weighted by molar-refractivity contribution is -0.122. The maximum atomic E-state index is 13.0. The van der Waals surface area contributed by atoms with Crippen LogP contribution in [0.25, 0.3) is 0 Å². The number of carbonyl (C=O) groups is 1. The van der Waals surface area contributed by atoms with Crippen molar-refractivity contribution in [3.05, 3.63) is 76.6 Å². The van der Waals surface area contributed by atoms with E-state index < -0.39 is 0 Å². The van der Waals surface area contributed by atoms with E-state index in [1.165, 1.54) is 17.1 Å². The largest absolute Gasteiger partial charge is 0.352 e. The average Bonchev–Trinajstić information content (AvgIpc) is 3.44. The Labute approximate surface area is 192 Å². The maximum absolute atomic E-state index is 13.0. The summed E-state index contributed by atoms with van der Waals surface area (Å²) in [5, 5.41) is 4.76. The van der Waals surface area contributed by atoms with Crippen LogP contribution in [0.3, 0.4) is 0 Å². The van der Waals surface area contributed by atoms with E-state index >= 15 is 0 Å². The summed E-state index contributed by atoms with van der Waals surface area (Å²) in [6.45, 7) is 2.92. The predicted octanol–water partition coefficient (Wildman–Crippen LogP) is 4.89. The molecule has 1 amide bonds. The zero-order valence-corrected chi connectivity index (χ0v) is 19.2. The van der Waals surface area contributed by atoms with Crippen LogP contribution in [-0.2, 0) is 17.6 Å². The van der Waals surface area contributed by atoms with Crippen molar-refractivity contribution in [2.24, 2.45) is 0 Å². The molecule has 1 saturated heterocycles. The molecular formula is C24H27ClN4OS. The van der Waals surface area contributed by atoms with Crippen molar-refractivity contribution in [1.82, 2.24) is 14.7 Å². The van der Waals surface area contributed by atoms with E-state index in [-0.39, 0.29) is 18.0 Å². The van der Waals surface area contributed by atoms with Crippen molar-refractivity contribution in [2.45, 2.75) is 51.1 Å². The van der Waals surface area contributed by atoms with E-state index in [0.29, 0.717) is 6.42 Å². The molecule has 0 radical (unpaired) electrons. The van der Waals surface area contributed by atoms with Crippen molar-refractivity contribution in [3.8, 4) is 0 Å². The number of hydrogen-bond acceptors (Lipinski definition) is 5. The van der Waals surface area contributed by atoms with Crippen LogP contribution in [0.4, 0.5) is 5.13 Å². The third-order valence-electron chi connectivity index (χ3n) is 5.63. The van der Waals surface area contributed by atoms with E-state index in [4.69, 9.17) is 16.6 Å². The molecule has 0 saturated carbocycles. The smallest absolute Gasteiger partial charge is 0.242 e. The second kappa shape index (κ2) is 10.2. The molecule has 162 valence electrons. The SMILES string of the molecule is CC(CCc1ccccc1)NC(=O)C1CCCN1c1nc(Cc2ccc(Cl)cc2)ns1. The van der Waals surface area contributed by atoms with E-state index in [2.05, 4.69) is 45.8 Å². The maximum Gasteiger partial charge on any atom is 0.242 e. The molecule has 2 unspecified atom stereocenters. The molecule has 2 aromatic carbocycles. The Hall–Kier alpha value is -2.44. The van der Waals surface area contributed by atoms with Gasteiger partial charge in [-0.25, -0.2) is 4.98 Å². The summed E-state index contributed by atoms with van der Waals surface area (Å²) >= 11 is 7.34. The van der Waals surface area contributed by atoms with E-state index in [1.54, 1.807) is 0 Å². The molecular weight excluding hydrogens is 428 g/mol. The summed E-state index contributed by atoms with van der Waals surface area (Å²) in [7, 11) is 0. The molecule has 7 heteroatoms. The van der Waals surface area contributed by atoms with Gasteiger partial charge in [-0.15, -0.1) is 0 Å². The third kappa shape index (κ3) is 5.83. The van der Waals surface area contributed by atoms with Gasteiger partial charge in [-0.1, -0.05) is 54.1 Å². The van der Waals surface area contributed by atoms with Crippen LogP contribution in [0.2, 0.25) is 5.02 Å². The Balaban J connectivity index is 1.33. The van der Waals surface area contributed by atoms with Gasteiger partial charge in [0.25, 0.3) is 0 Å². The quantitative estimate of drug-likeness (QED) is 0.526. The number of carbonyl (C=O) groups excluding carboxylic acids is 1. The van der Waals surface area contributed by atoms with Crippen LogP contribution in [0, 0.1) is 0 Å². The standard InChI is InChI=1S/C24H27ClN4OS/c1-17(9-10-18-6-3-2-4-7-18)26-23(30)21-8-5-15-29(21)24-27-22(28-31-24)16-19-11-13-20(25)14-12-19/h2-4,6-7,11-14,17,21H,5,8-10,15-16H2,1H3,(H,26,30). The number of hydrogen-bond donors (Lipinski definition) is 1. The fraction of sp³-hybridized carbons (Fsp3) is 0.375. The molecule has 2 atom stereocenters. The fourth-order valence-corrected chi connectivity index (χ4v) is 4.81. The number of halogens is 1. The number of amides is 1. The summed E-state index contributed by atoms with van der Waals surface area (Å²) in [5.74, 6) is 0.872. The minimum absolute atomic E-state index is 0.0903. The minimum atomic E-state index is -0.171. The Bertz CT molecular complexity index is 992. The summed E-state index contributed by atoms with van der Waals surface area (Å²) in [6.07, 6.45) is 4.38. The molecule has 1 aliphatic rings. The summed E-state index contributed by atoms with van der Waals surface area (Å²) in [4.78, 5) is 19.8. The number of nitrogens with one attached hydrogen (secondary N) is 1. The molecule has 1 aromatic heterocycles. The van der Waals surface area contributed by atoms with Gasteiger partial charge in [0.05, 0.1) is 0 Å². The van der Waals surface area contributed by atoms with Gasteiger partial charge in [0.15, 0.2) is 0 Å². The van der Waals surface area contributed by atoms with Crippen LogP contribution in [0.5, 0.6) is 0 Å². The highest BCUT2D eigenvalue weighted by Gasteiger charge is 2.33. The lowest BCUT2D eigenvalue weighted by Crippen LogP contribution is -2.46. The number of benzene rings is 2. The molecule has 1 aliphatic heterocycles. The molecule has 0 aliphatic carbocycles. The van der Waals surface area contributed by atoms with Gasteiger partial charge in [0, 0.05) is 35.6 Å². The lowest BCUT2D eigenvalue weighted by atomic mass is 10.1. The minimum Gasteiger partial charge on any atom is -0.352 e. The first-order valence-corrected chi connectivity index (χ1v) is 11.9. The van der Waals surface area contributed by atoms with Gasteiger partial charge in [-0.05, 0) is 55.9 Å². The van der Waals surface area contributed by atoms with Crippen molar-refractivity contribution in [1.29, 1.82) is 0 Å². The molecule has 4 rings (SSSR count). The summed E-state index contributed by atoms with van der Waals surface area (Å²) < 4.78 is 4.52. The Kier molecular flexibility index (Phi) is 7.20. The Morgan fingerprint density at radius 1 is 1.19 bits per heavy atom. The highest BCUT2D eigenvalue weighted by atomic mass is 35.5. The molecule has 0 spiro atoms. The first-order valence-electron chi connectivity index (χ1n) is 10.8. The third-order valence-corrected chi connectivity index (χ3v) is 6.67. The van der Waals surface area contributed by atoms with Crippen LogP contribution in [0.1, 0.15) is 43.1 Å². The van der Waals surface area contributed by atoms with Gasteiger partial charge in [0.2, 0.25) is 11.0 Å². The number of anilines is 1. The Morgan fingerprint density at radius 3 is 2.74 bits per heavy atom. The van der Waals surface area contributed by atoms with Crippen molar-refractivity contribution < 1.29 is 4.79 Å². The Morgan fingerprint density at radius 2 is 1.97 bits per heavy atom. The van der Waals surface area contributed by atoms with E-state index in [1.807, 2.05) is 30.3 Å². The van der Waals surface area contributed by atoms with Crippen molar-refractivity contribution in [2.75, 3.05) is 11.4 Å². The number of nitrogens with zero attached hydrogens (tertiary/aromatic N) is 3. The molecule has 3 aromatic rings. The van der Waals surface area contributed by atoms with Gasteiger partial charge in [-0.2, -0.15) is 4.37 Å². The summed E-state index contributed by atoms with van der Waals surface area (Å²) in [5.41, 5.74) is 2.42. The fourth-order valence-electron chi connectivity index (χ4n) is 3.93. The molecule has 2 heterocycles. The van der Waals surface area contributed by atoms with Crippen LogP contribution in [0.15, 0.2) is 54.6 Å². The summed E-state index contributed by atoms with van der Waals surface area (Å²) in [6, 6.07) is 18.1. The monoisotopic (exact) mass is 454 g/mol. The zero-order valence-electron chi connectivity index (χ0n) is 17.6. The van der Waals surface area contributed by atoms with Gasteiger partial charge >= 0.3 is 0 Å². The highest BCUT2D eigenvalue weighted by molar-refractivity contribution is 7.09. The zero-order chi connectivity index (χ0) is 21.6. The highest BCUT2D eigenvalue weighted by Crippen LogP contribution is 2.28. The molecule has 1 N–H and O–H groups in total. The number of aryl methyl sites for hydroxylation is 1. The van der Waals surface area contributed by atoms with Gasteiger partial charge < -0.3 is 10.2 Å². The second-order valence-corrected chi connectivity index (χ2v) is 9.25. The molecule has 0 bridgehead atoms. The average molecular weight is 455 g/mol. The van der Waals surface area contributed by atoms with Crippen LogP contribution in [-0.4, -0.2) is 33.9 Å². The van der Waals surface area contributed by atoms with Gasteiger partial charge in [0.1, 0.15) is 11.9 Å². The van der Waals surface area contributed by atoms with Crippen LogP contribution >= 0.6 is 23.1 Å². The molecule has 1 fully saturated rings. The normalized spacial score (nSPS) is 17.0. The first-order chi connectivity index (χ1) is 15.1. The number of aromatic nitrogens is 2. The molecule has 31 heavy (non-hydrogen) atoms. The van der Waals surface area contributed by atoms with Crippen molar-refractivity contribution >= 4 is 34.2 Å². The van der Waals surface area contributed by atoms with Crippen molar-refractivity contribution in [3.63, 3.8) is 0 Å². The van der Waals surface area contributed by atoms with Crippen LogP contribution < -0.4 is 10.2 Å². The topological polar surface area (TPSA) is 58.1 Å². The van der Waals surface area contributed by atoms with E-state index in [0.717, 1.165) is 53.8 Å². The number of rotatable bonds is 8. The lowest BCUT2D eigenvalue weighted by Gasteiger charge is -2.24. The molecule has 5 nitrogen and oxygen atoms in total.